The first kappa shape index (κ1) is 18.8. The molecule has 3 heterocycles. The monoisotopic (exact) mass is 401 g/mol. The Bertz CT molecular complexity index is 877. The average Bonchev–Trinajstić information content (AvgIpc) is 3.32. The number of nitrogens with zero attached hydrogens (tertiary/aromatic N) is 2. The summed E-state index contributed by atoms with van der Waals surface area (Å²) in [7, 11) is 0. The van der Waals surface area contributed by atoms with Gasteiger partial charge in [0.25, 0.3) is 11.8 Å². The van der Waals surface area contributed by atoms with Gasteiger partial charge in [-0.2, -0.15) is 0 Å². The van der Waals surface area contributed by atoms with E-state index >= 15 is 0 Å². The van der Waals surface area contributed by atoms with Crippen LogP contribution in [-0.4, -0.2) is 47.8 Å². The van der Waals surface area contributed by atoms with Crippen LogP contribution in [0, 0.1) is 5.82 Å². The van der Waals surface area contributed by atoms with Crippen LogP contribution >= 0.6 is 11.3 Å². The Balaban J connectivity index is 1.34. The number of likely N-dealkylation sites (tertiary alicyclic amines) is 1. The lowest BCUT2D eigenvalue weighted by Crippen LogP contribution is -2.49. The largest absolute Gasteiger partial charge is 0.338 e. The van der Waals surface area contributed by atoms with Crippen LogP contribution in [0.5, 0.6) is 0 Å². The zero-order chi connectivity index (χ0) is 19.7. The minimum Gasteiger partial charge on any atom is -0.338 e. The molecule has 0 bridgehead atoms. The molecule has 0 aliphatic carbocycles. The zero-order valence-corrected chi connectivity index (χ0v) is 16.0. The number of anilines is 1. The highest BCUT2D eigenvalue weighted by molar-refractivity contribution is 7.12. The van der Waals surface area contributed by atoms with Crippen LogP contribution in [-0.2, 0) is 9.59 Å². The molecule has 28 heavy (non-hydrogen) atoms. The van der Waals surface area contributed by atoms with Gasteiger partial charge in [-0.25, -0.2) is 9.29 Å². The molecule has 1 N–H and O–H groups in total. The molecule has 2 fully saturated rings. The fraction of sp³-hybridized carbons (Fsp3) is 0.350. The van der Waals surface area contributed by atoms with Crippen LogP contribution in [0.2, 0.25) is 0 Å². The lowest BCUT2D eigenvalue weighted by molar-refractivity contribution is -0.121. The molecule has 1 aromatic carbocycles. The van der Waals surface area contributed by atoms with E-state index in [0.29, 0.717) is 18.8 Å². The van der Waals surface area contributed by atoms with Crippen LogP contribution in [0.4, 0.5) is 10.1 Å². The molecule has 2 aromatic rings. The van der Waals surface area contributed by atoms with Crippen molar-refractivity contribution in [1.29, 1.82) is 0 Å². The summed E-state index contributed by atoms with van der Waals surface area (Å²) >= 11 is 1.43. The molecule has 0 spiro atoms. The van der Waals surface area contributed by atoms with Crippen molar-refractivity contribution in [2.45, 2.75) is 31.3 Å². The summed E-state index contributed by atoms with van der Waals surface area (Å²) in [6.07, 6.45) is 1.54. The number of hydrogen-bond acceptors (Lipinski definition) is 5. The Labute approximate surface area is 165 Å². The summed E-state index contributed by atoms with van der Waals surface area (Å²) in [4.78, 5) is 41.1. The molecule has 3 amide bonds. The van der Waals surface area contributed by atoms with Crippen molar-refractivity contribution in [2.75, 3.05) is 18.0 Å². The van der Waals surface area contributed by atoms with Crippen LogP contribution in [0.3, 0.4) is 0 Å². The van der Waals surface area contributed by atoms with Crippen molar-refractivity contribution in [3.63, 3.8) is 0 Å². The van der Waals surface area contributed by atoms with Crippen LogP contribution < -0.4 is 10.2 Å². The van der Waals surface area contributed by atoms with E-state index < -0.39 is 11.9 Å². The van der Waals surface area contributed by atoms with Gasteiger partial charge in [0.05, 0.1) is 23.0 Å². The van der Waals surface area contributed by atoms with Crippen molar-refractivity contribution < 1.29 is 18.8 Å². The second kappa shape index (κ2) is 7.81. The van der Waals surface area contributed by atoms with Crippen LogP contribution in [0.15, 0.2) is 41.8 Å². The SMILES string of the molecule is O=C(c1cccs1)N1CCC(NC2CC(=O)N(c3ccc(F)cc3)C2=O)CC1. The topological polar surface area (TPSA) is 69.7 Å². The summed E-state index contributed by atoms with van der Waals surface area (Å²) < 4.78 is 13.1. The molecular weight excluding hydrogens is 381 g/mol. The Morgan fingerprint density at radius 3 is 2.46 bits per heavy atom. The quantitative estimate of drug-likeness (QED) is 0.799. The fourth-order valence-corrected chi connectivity index (χ4v) is 4.40. The van der Waals surface area contributed by atoms with E-state index in [1.54, 1.807) is 0 Å². The number of thiophene rings is 1. The first-order valence-electron chi connectivity index (χ1n) is 9.24. The fourth-order valence-electron chi connectivity index (χ4n) is 3.71. The van der Waals surface area contributed by atoms with Gasteiger partial charge in [0.2, 0.25) is 5.91 Å². The predicted molar refractivity (Wildman–Crippen MR) is 104 cm³/mol. The standard InChI is InChI=1S/C20H20FN3O3S/c21-13-3-5-15(6-4-13)24-18(25)12-16(19(24)26)22-14-7-9-23(10-8-14)20(27)17-2-1-11-28-17/h1-6,11,14,16,22H,7-10,12H2. The smallest absolute Gasteiger partial charge is 0.263 e. The maximum Gasteiger partial charge on any atom is 0.263 e. The Hall–Kier alpha value is -2.58. The molecule has 2 aliphatic heterocycles. The highest BCUT2D eigenvalue weighted by Gasteiger charge is 2.40. The molecule has 0 saturated carbocycles. The van der Waals surface area contributed by atoms with Gasteiger partial charge in [0.15, 0.2) is 0 Å². The van der Waals surface area contributed by atoms with Crippen molar-refractivity contribution in [1.82, 2.24) is 10.2 Å². The maximum absolute atomic E-state index is 13.1. The van der Waals surface area contributed by atoms with Gasteiger partial charge in [-0.1, -0.05) is 6.07 Å². The van der Waals surface area contributed by atoms with Crippen LogP contribution in [0.1, 0.15) is 28.9 Å². The predicted octanol–water partition coefficient (Wildman–Crippen LogP) is 2.41. The minimum absolute atomic E-state index is 0.0445. The number of amides is 3. The third kappa shape index (κ3) is 3.70. The molecule has 0 radical (unpaired) electrons. The number of halogens is 1. The van der Waals surface area contributed by atoms with Gasteiger partial charge >= 0.3 is 0 Å². The number of hydrogen-bond donors (Lipinski definition) is 1. The van der Waals surface area contributed by atoms with Crippen molar-refractivity contribution in [3.8, 4) is 0 Å². The summed E-state index contributed by atoms with van der Waals surface area (Å²) in [6.45, 7) is 1.23. The molecule has 8 heteroatoms. The first-order chi connectivity index (χ1) is 13.5. The summed E-state index contributed by atoms with van der Waals surface area (Å²) in [6, 6.07) is 8.51. The molecule has 1 atom stereocenters. The Kier molecular flexibility index (Phi) is 5.23. The maximum atomic E-state index is 13.1. The normalized spacial score (nSPS) is 20.8. The highest BCUT2D eigenvalue weighted by atomic mass is 32.1. The summed E-state index contributed by atoms with van der Waals surface area (Å²) in [5, 5.41) is 5.17. The van der Waals surface area contributed by atoms with Gasteiger partial charge in [0.1, 0.15) is 5.82 Å². The van der Waals surface area contributed by atoms with Crippen LogP contribution in [0.25, 0.3) is 0 Å². The lowest BCUT2D eigenvalue weighted by atomic mass is 10.0. The number of carbonyl (C=O) groups excluding carboxylic acids is 3. The average molecular weight is 401 g/mol. The number of imide groups is 1. The summed E-state index contributed by atoms with van der Waals surface area (Å²) in [5.74, 6) is -0.974. The van der Waals surface area contributed by atoms with E-state index in [4.69, 9.17) is 0 Å². The number of rotatable bonds is 4. The van der Waals surface area contributed by atoms with Crippen molar-refractivity contribution >= 4 is 34.7 Å². The van der Waals surface area contributed by atoms with Gasteiger partial charge in [-0.05, 0) is 48.6 Å². The molecule has 146 valence electrons. The third-order valence-electron chi connectivity index (χ3n) is 5.18. The van der Waals surface area contributed by atoms with E-state index in [1.165, 1.54) is 35.6 Å². The summed E-state index contributed by atoms with van der Waals surface area (Å²) in [5.41, 5.74) is 0.386. The number of benzene rings is 1. The lowest BCUT2D eigenvalue weighted by Gasteiger charge is -2.33. The van der Waals surface area contributed by atoms with E-state index in [0.717, 1.165) is 22.6 Å². The van der Waals surface area contributed by atoms with Gasteiger partial charge < -0.3 is 10.2 Å². The molecule has 4 rings (SSSR count). The van der Waals surface area contributed by atoms with E-state index in [-0.39, 0.29) is 30.2 Å². The molecular formula is C20H20FN3O3S. The number of piperidine rings is 1. The van der Waals surface area contributed by atoms with Gasteiger partial charge in [-0.3, -0.25) is 14.4 Å². The minimum atomic E-state index is -0.581. The van der Waals surface area contributed by atoms with Gasteiger partial charge in [0, 0.05) is 19.1 Å². The molecule has 2 saturated heterocycles. The molecule has 1 unspecified atom stereocenters. The van der Waals surface area contributed by atoms with E-state index in [2.05, 4.69) is 5.32 Å². The number of carbonyl (C=O) groups is 3. The Morgan fingerprint density at radius 1 is 1.11 bits per heavy atom. The van der Waals surface area contributed by atoms with Crippen molar-refractivity contribution in [3.05, 3.63) is 52.5 Å². The first-order valence-corrected chi connectivity index (χ1v) is 10.1. The van der Waals surface area contributed by atoms with E-state index in [1.807, 2.05) is 22.4 Å². The van der Waals surface area contributed by atoms with Crippen molar-refractivity contribution in [2.24, 2.45) is 0 Å². The zero-order valence-electron chi connectivity index (χ0n) is 15.1. The molecule has 1 aromatic heterocycles. The van der Waals surface area contributed by atoms with E-state index in [9.17, 15) is 18.8 Å². The van der Waals surface area contributed by atoms with Gasteiger partial charge in [-0.15, -0.1) is 11.3 Å². The third-order valence-corrected chi connectivity index (χ3v) is 6.04. The highest BCUT2D eigenvalue weighted by Crippen LogP contribution is 2.24. The number of nitrogens with one attached hydrogen (secondary N) is 1. The second-order valence-corrected chi connectivity index (χ2v) is 7.96. The second-order valence-electron chi connectivity index (χ2n) is 7.01. The molecule has 2 aliphatic rings. The Morgan fingerprint density at radius 2 is 1.82 bits per heavy atom. The molecule has 6 nitrogen and oxygen atoms in total.